The van der Waals surface area contributed by atoms with E-state index in [2.05, 4.69) is 26.1 Å². The standard InChI is InChI=1S/C11H11BrN2O2/c1-7-3-4-10(9(12)5-7)15-6-11-13-8(2)16-14-11/h3-5H,6H2,1-2H3. The van der Waals surface area contributed by atoms with E-state index in [1.54, 1.807) is 6.92 Å². The van der Waals surface area contributed by atoms with Crippen molar-refractivity contribution in [3.63, 3.8) is 0 Å². The van der Waals surface area contributed by atoms with Crippen molar-refractivity contribution in [2.75, 3.05) is 0 Å². The fourth-order valence-electron chi connectivity index (χ4n) is 1.27. The van der Waals surface area contributed by atoms with Crippen LogP contribution in [0.2, 0.25) is 0 Å². The first kappa shape index (κ1) is 11.1. The van der Waals surface area contributed by atoms with Crippen LogP contribution < -0.4 is 4.74 Å². The zero-order valence-corrected chi connectivity index (χ0v) is 10.6. The number of hydrogen-bond donors (Lipinski definition) is 0. The highest BCUT2D eigenvalue weighted by atomic mass is 79.9. The van der Waals surface area contributed by atoms with Crippen LogP contribution in [0.4, 0.5) is 0 Å². The van der Waals surface area contributed by atoms with Crippen molar-refractivity contribution < 1.29 is 9.26 Å². The molecule has 0 aliphatic carbocycles. The molecular formula is C11H11BrN2O2. The maximum atomic E-state index is 5.56. The minimum Gasteiger partial charge on any atom is -0.484 e. The van der Waals surface area contributed by atoms with E-state index in [-0.39, 0.29) is 0 Å². The highest BCUT2D eigenvalue weighted by Gasteiger charge is 2.05. The molecule has 0 N–H and O–H groups in total. The fourth-order valence-corrected chi connectivity index (χ4v) is 1.87. The predicted molar refractivity (Wildman–Crippen MR) is 62.2 cm³/mol. The third-order valence-electron chi connectivity index (χ3n) is 2.01. The van der Waals surface area contributed by atoms with Crippen molar-refractivity contribution in [3.05, 3.63) is 40.0 Å². The van der Waals surface area contributed by atoms with E-state index in [1.165, 1.54) is 5.56 Å². The summed E-state index contributed by atoms with van der Waals surface area (Å²) < 4.78 is 11.3. The van der Waals surface area contributed by atoms with Gasteiger partial charge in [0.15, 0.2) is 6.61 Å². The van der Waals surface area contributed by atoms with Gasteiger partial charge < -0.3 is 9.26 Å². The van der Waals surface area contributed by atoms with Crippen molar-refractivity contribution in [2.45, 2.75) is 20.5 Å². The number of halogens is 1. The van der Waals surface area contributed by atoms with Crippen molar-refractivity contribution in [1.29, 1.82) is 0 Å². The van der Waals surface area contributed by atoms with Crippen LogP contribution in [0.5, 0.6) is 5.75 Å². The fraction of sp³-hybridized carbons (Fsp3) is 0.273. The highest BCUT2D eigenvalue weighted by molar-refractivity contribution is 9.10. The molecule has 2 rings (SSSR count). The van der Waals surface area contributed by atoms with Gasteiger partial charge in [0.25, 0.3) is 0 Å². The molecule has 0 bridgehead atoms. The SMILES string of the molecule is Cc1ccc(OCc2noc(C)n2)c(Br)c1. The summed E-state index contributed by atoms with van der Waals surface area (Å²) in [6.45, 7) is 4.08. The van der Waals surface area contributed by atoms with Gasteiger partial charge in [-0.25, -0.2) is 0 Å². The topological polar surface area (TPSA) is 48.2 Å². The molecule has 5 heteroatoms. The van der Waals surface area contributed by atoms with Gasteiger partial charge in [-0.2, -0.15) is 4.98 Å². The quantitative estimate of drug-likeness (QED) is 0.868. The van der Waals surface area contributed by atoms with E-state index in [1.807, 2.05) is 25.1 Å². The summed E-state index contributed by atoms with van der Waals surface area (Å²) in [6.07, 6.45) is 0. The lowest BCUT2D eigenvalue weighted by Crippen LogP contribution is -1.98. The van der Waals surface area contributed by atoms with E-state index in [4.69, 9.17) is 9.26 Å². The molecule has 0 fully saturated rings. The molecule has 16 heavy (non-hydrogen) atoms. The Balaban J connectivity index is 2.04. The molecule has 4 nitrogen and oxygen atoms in total. The van der Waals surface area contributed by atoms with Gasteiger partial charge in [-0.05, 0) is 40.5 Å². The maximum Gasteiger partial charge on any atom is 0.223 e. The van der Waals surface area contributed by atoms with Gasteiger partial charge in [-0.1, -0.05) is 11.2 Å². The third kappa shape index (κ3) is 2.61. The predicted octanol–water partition coefficient (Wildman–Crippen LogP) is 3.03. The molecule has 1 aromatic carbocycles. The van der Waals surface area contributed by atoms with Crippen molar-refractivity contribution in [1.82, 2.24) is 10.1 Å². The summed E-state index contributed by atoms with van der Waals surface area (Å²) in [6, 6.07) is 5.89. The van der Waals surface area contributed by atoms with Crippen LogP contribution in [-0.4, -0.2) is 10.1 Å². The highest BCUT2D eigenvalue weighted by Crippen LogP contribution is 2.26. The van der Waals surface area contributed by atoms with Crippen LogP contribution in [0.25, 0.3) is 0 Å². The molecule has 0 saturated heterocycles. The van der Waals surface area contributed by atoms with Crippen LogP contribution >= 0.6 is 15.9 Å². The zero-order valence-electron chi connectivity index (χ0n) is 9.03. The Morgan fingerprint density at radius 1 is 1.38 bits per heavy atom. The molecule has 0 saturated carbocycles. The molecule has 84 valence electrons. The Morgan fingerprint density at radius 2 is 2.19 bits per heavy atom. The van der Waals surface area contributed by atoms with Crippen LogP contribution in [0.15, 0.2) is 27.2 Å². The number of hydrogen-bond acceptors (Lipinski definition) is 4. The molecule has 0 unspecified atom stereocenters. The molecular weight excluding hydrogens is 272 g/mol. The third-order valence-corrected chi connectivity index (χ3v) is 2.63. The minimum absolute atomic E-state index is 0.305. The van der Waals surface area contributed by atoms with E-state index in [0.29, 0.717) is 18.3 Å². The van der Waals surface area contributed by atoms with Crippen molar-refractivity contribution in [2.24, 2.45) is 0 Å². The minimum atomic E-state index is 0.305. The Morgan fingerprint density at radius 3 is 2.81 bits per heavy atom. The summed E-state index contributed by atoms with van der Waals surface area (Å²) >= 11 is 3.44. The van der Waals surface area contributed by atoms with Gasteiger partial charge in [0, 0.05) is 6.92 Å². The summed E-state index contributed by atoms with van der Waals surface area (Å²) in [7, 11) is 0. The first-order chi connectivity index (χ1) is 7.65. The van der Waals surface area contributed by atoms with E-state index < -0.39 is 0 Å². The molecule has 1 aromatic heterocycles. The monoisotopic (exact) mass is 282 g/mol. The molecule has 0 aliphatic rings. The van der Waals surface area contributed by atoms with E-state index >= 15 is 0 Å². The van der Waals surface area contributed by atoms with Crippen LogP contribution in [0.1, 0.15) is 17.3 Å². The van der Waals surface area contributed by atoms with Crippen molar-refractivity contribution in [3.8, 4) is 5.75 Å². The van der Waals surface area contributed by atoms with E-state index in [0.717, 1.165) is 10.2 Å². The molecule has 1 heterocycles. The van der Waals surface area contributed by atoms with Gasteiger partial charge in [0.1, 0.15) is 5.75 Å². The number of nitrogens with zero attached hydrogens (tertiary/aromatic N) is 2. The molecule has 0 spiro atoms. The molecule has 0 atom stereocenters. The summed E-state index contributed by atoms with van der Waals surface area (Å²) in [4.78, 5) is 4.05. The van der Waals surface area contributed by atoms with E-state index in [9.17, 15) is 0 Å². The zero-order chi connectivity index (χ0) is 11.5. The molecule has 0 amide bonds. The first-order valence-electron chi connectivity index (χ1n) is 4.83. The van der Waals surface area contributed by atoms with Crippen molar-refractivity contribution >= 4 is 15.9 Å². The maximum absolute atomic E-state index is 5.56. The number of aryl methyl sites for hydroxylation is 2. The number of benzene rings is 1. The molecule has 0 aliphatic heterocycles. The second-order valence-corrected chi connectivity index (χ2v) is 4.31. The first-order valence-corrected chi connectivity index (χ1v) is 5.62. The van der Waals surface area contributed by atoms with Gasteiger partial charge in [-0.3, -0.25) is 0 Å². The van der Waals surface area contributed by atoms with Gasteiger partial charge >= 0.3 is 0 Å². The Labute approximate surface area is 102 Å². The van der Waals surface area contributed by atoms with Crippen LogP contribution in [0, 0.1) is 13.8 Å². The summed E-state index contributed by atoms with van der Waals surface area (Å²) in [5.74, 6) is 1.86. The average molecular weight is 283 g/mol. The Kier molecular flexibility index (Phi) is 3.24. The lowest BCUT2D eigenvalue weighted by molar-refractivity contribution is 0.284. The lowest BCUT2D eigenvalue weighted by Gasteiger charge is -2.06. The second kappa shape index (κ2) is 4.65. The number of rotatable bonds is 3. The van der Waals surface area contributed by atoms with Crippen LogP contribution in [-0.2, 0) is 6.61 Å². The molecule has 2 aromatic rings. The Bertz CT molecular complexity index is 496. The van der Waals surface area contributed by atoms with Crippen LogP contribution in [0.3, 0.4) is 0 Å². The largest absolute Gasteiger partial charge is 0.484 e. The summed E-state index contributed by atoms with van der Waals surface area (Å²) in [5, 5.41) is 3.75. The van der Waals surface area contributed by atoms with Gasteiger partial charge in [-0.15, -0.1) is 0 Å². The lowest BCUT2D eigenvalue weighted by atomic mass is 10.2. The number of aromatic nitrogens is 2. The molecule has 0 radical (unpaired) electrons. The van der Waals surface area contributed by atoms with Gasteiger partial charge in [0.05, 0.1) is 4.47 Å². The summed E-state index contributed by atoms with van der Waals surface area (Å²) in [5.41, 5.74) is 1.18. The normalized spacial score (nSPS) is 10.4. The second-order valence-electron chi connectivity index (χ2n) is 3.45. The smallest absolute Gasteiger partial charge is 0.223 e. The average Bonchev–Trinajstić information content (AvgIpc) is 2.63. The Hall–Kier alpha value is -1.36. The number of ether oxygens (including phenoxy) is 1. The van der Waals surface area contributed by atoms with Gasteiger partial charge in [0.2, 0.25) is 11.7 Å².